The average Bonchev–Trinajstić information content (AvgIpc) is 3.35. The van der Waals surface area contributed by atoms with E-state index in [0.717, 1.165) is 12.8 Å². The zero-order chi connectivity index (χ0) is 31.8. The van der Waals surface area contributed by atoms with Gasteiger partial charge in [-0.05, 0) is 44.4 Å². The van der Waals surface area contributed by atoms with E-state index in [2.05, 4.69) is 26.0 Å². The number of aliphatic hydroxyl groups is 4. The Morgan fingerprint density at radius 2 is 1.64 bits per heavy atom. The quantitative estimate of drug-likeness (QED) is 0.341. The number of esters is 1. The van der Waals surface area contributed by atoms with Crippen LogP contribution >= 0.6 is 0 Å². The summed E-state index contributed by atoms with van der Waals surface area (Å²) < 4.78 is 35.7. The van der Waals surface area contributed by atoms with Gasteiger partial charge in [0, 0.05) is 32.4 Å². The fourth-order valence-electron chi connectivity index (χ4n) is 6.64. The monoisotopic (exact) mass is 624 g/mol. The average molecular weight is 625 g/mol. The van der Waals surface area contributed by atoms with Gasteiger partial charge in [-0.2, -0.15) is 0 Å². The van der Waals surface area contributed by atoms with E-state index >= 15 is 0 Å². The first-order valence-corrected chi connectivity index (χ1v) is 16.1. The van der Waals surface area contributed by atoms with Crippen LogP contribution in [0, 0.1) is 11.8 Å². The number of cyclic esters (lactones) is 1. The minimum atomic E-state index is -1.15. The molecule has 14 unspecified atom stereocenters. The Labute approximate surface area is 260 Å². The highest BCUT2D eigenvalue weighted by atomic mass is 16.7. The molecule has 4 bridgehead atoms. The Hall–Kier alpha value is -1.67. The van der Waals surface area contributed by atoms with E-state index in [9.17, 15) is 25.2 Å². The predicted molar refractivity (Wildman–Crippen MR) is 160 cm³/mol. The molecule has 0 aromatic carbocycles. The van der Waals surface area contributed by atoms with Gasteiger partial charge in [0.05, 0.1) is 49.3 Å². The van der Waals surface area contributed by atoms with E-state index < -0.39 is 55.5 Å². The van der Waals surface area contributed by atoms with Crippen LogP contribution in [0.2, 0.25) is 0 Å². The fraction of sp³-hybridized carbons (Fsp3) is 0.788. The Morgan fingerprint density at radius 3 is 2.39 bits per heavy atom. The SMILES string of the molecule is COC1C(OC2CC3CC=CC(=O)OC(CO)CC(O)C4CC(C)C(CC=CC=CC(C)CC(C2)O3)O4)OC(C)C(O)C1O. The zero-order valence-corrected chi connectivity index (χ0v) is 26.4. The first-order chi connectivity index (χ1) is 21.1. The minimum absolute atomic E-state index is 0.0217. The summed E-state index contributed by atoms with van der Waals surface area (Å²) in [5, 5.41) is 41.4. The van der Waals surface area contributed by atoms with Crippen molar-refractivity contribution < 1.29 is 53.6 Å². The number of hydrogen-bond donors (Lipinski definition) is 4. The lowest BCUT2D eigenvalue weighted by Gasteiger charge is -2.43. The summed E-state index contributed by atoms with van der Waals surface area (Å²) in [4.78, 5) is 12.6. The molecule has 14 atom stereocenters. The van der Waals surface area contributed by atoms with Crippen molar-refractivity contribution >= 4 is 5.97 Å². The Morgan fingerprint density at radius 1 is 0.864 bits per heavy atom. The molecule has 0 amide bonds. The highest BCUT2D eigenvalue weighted by Crippen LogP contribution is 2.33. The third kappa shape index (κ3) is 9.67. The smallest absolute Gasteiger partial charge is 0.330 e. The number of rotatable bonds is 4. The van der Waals surface area contributed by atoms with Gasteiger partial charge in [-0.25, -0.2) is 4.79 Å². The van der Waals surface area contributed by atoms with Crippen LogP contribution in [-0.4, -0.2) is 114 Å². The second kappa shape index (κ2) is 16.8. The van der Waals surface area contributed by atoms with Gasteiger partial charge in [0.25, 0.3) is 0 Å². The lowest BCUT2D eigenvalue weighted by Crippen LogP contribution is -2.59. The van der Waals surface area contributed by atoms with Crippen LogP contribution in [0.15, 0.2) is 36.5 Å². The van der Waals surface area contributed by atoms with E-state index in [4.69, 9.17) is 28.4 Å². The molecule has 4 N–H and O–H groups in total. The summed E-state index contributed by atoms with van der Waals surface area (Å²) in [6, 6.07) is 0. The van der Waals surface area contributed by atoms with Crippen molar-refractivity contribution in [3.8, 4) is 0 Å². The highest BCUT2D eigenvalue weighted by Gasteiger charge is 2.45. The number of fused-ring (bicyclic) bond motifs is 4. The van der Waals surface area contributed by atoms with Crippen LogP contribution < -0.4 is 0 Å². The molecule has 4 rings (SSSR count). The lowest BCUT2D eigenvalue weighted by atomic mass is 9.92. The molecule has 0 saturated carbocycles. The maximum Gasteiger partial charge on any atom is 0.330 e. The standard InChI is InChI=1S/C33H52O11/c1-19-9-6-5-7-11-27-20(2)14-28(44-27)26(35)17-25(18-34)42-29(36)12-8-10-22-15-24(16-23(13-19)41-22)43-33-32(39-4)31(38)30(37)21(3)40-33/h5-9,12,19-28,30-35,37-38H,10-11,13-18H2,1-4H3. The highest BCUT2D eigenvalue weighted by molar-refractivity contribution is 5.82. The van der Waals surface area contributed by atoms with Crippen LogP contribution in [-0.2, 0) is 33.2 Å². The van der Waals surface area contributed by atoms with E-state index in [1.165, 1.54) is 13.2 Å². The summed E-state index contributed by atoms with van der Waals surface area (Å²) in [6.45, 7) is 5.52. The summed E-state index contributed by atoms with van der Waals surface area (Å²) in [5.41, 5.74) is 0. The molecule has 4 aliphatic rings. The van der Waals surface area contributed by atoms with Gasteiger partial charge >= 0.3 is 5.97 Å². The third-order valence-electron chi connectivity index (χ3n) is 9.17. The van der Waals surface area contributed by atoms with Gasteiger partial charge in [0.2, 0.25) is 0 Å². The van der Waals surface area contributed by atoms with Crippen molar-refractivity contribution in [2.45, 2.75) is 139 Å². The summed E-state index contributed by atoms with van der Waals surface area (Å²) in [6.07, 6.45) is 7.78. The number of aliphatic hydroxyl groups excluding tert-OH is 4. The Balaban J connectivity index is 1.47. The van der Waals surface area contributed by atoms with E-state index in [1.807, 2.05) is 12.2 Å². The lowest BCUT2D eigenvalue weighted by molar-refractivity contribution is -0.315. The maximum absolute atomic E-state index is 12.6. The molecule has 0 radical (unpaired) electrons. The van der Waals surface area contributed by atoms with Gasteiger partial charge in [0.15, 0.2) is 6.29 Å². The van der Waals surface area contributed by atoms with Gasteiger partial charge in [-0.3, -0.25) is 0 Å². The van der Waals surface area contributed by atoms with E-state index in [0.29, 0.717) is 25.7 Å². The van der Waals surface area contributed by atoms with Crippen LogP contribution in [0.4, 0.5) is 0 Å². The third-order valence-corrected chi connectivity index (χ3v) is 9.17. The first-order valence-electron chi connectivity index (χ1n) is 16.1. The number of methoxy groups -OCH3 is 1. The summed E-state index contributed by atoms with van der Waals surface area (Å²) >= 11 is 0. The van der Waals surface area contributed by atoms with Crippen molar-refractivity contribution in [2.75, 3.05) is 13.7 Å². The van der Waals surface area contributed by atoms with E-state index in [-0.39, 0.29) is 48.8 Å². The molecule has 11 heteroatoms. The molecular weight excluding hydrogens is 572 g/mol. The molecule has 0 aromatic heterocycles. The van der Waals surface area contributed by atoms with Crippen LogP contribution in [0.1, 0.15) is 65.7 Å². The number of carbonyl (C=O) groups is 1. The van der Waals surface area contributed by atoms with Crippen LogP contribution in [0.25, 0.3) is 0 Å². The fourth-order valence-corrected chi connectivity index (χ4v) is 6.64. The van der Waals surface area contributed by atoms with Crippen molar-refractivity contribution in [2.24, 2.45) is 11.8 Å². The molecule has 4 heterocycles. The predicted octanol–water partition coefficient (Wildman–Crippen LogP) is 2.34. The van der Waals surface area contributed by atoms with Crippen LogP contribution in [0.3, 0.4) is 0 Å². The number of ether oxygens (including phenoxy) is 6. The van der Waals surface area contributed by atoms with Crippen molar-refractivity contribution in [3.05, 3.63) is 36.5 Å². The maximum atomic E-state index is 12.6. The van der Waals surface area contributed by atoms with Crippen LogP contribution in [0.5, 0.6) is 0 Å². The molecule has 3 saturated heterocycles. The first kappa shape index (κ1) is 35.2. The van der Waals surface area contributed by atoms with Gasteiger partial charge in [0.1, 0.15) is 24.4 Å². The topological polar surface area (TPSA) is 153 Å². The molecule has 44 heavy (non-hydrogen) atoms. The largest absolute Gasteiger partial charge is 0.457 e. The number of hydrogen-bond acceptors (Lipinski definition) is 11. The number of carbonyl (C=O) groups excluding carboxylic acids is 1. The summed E-state index contributed by atoms with van der Waals surface area (Å²) in [5.74, 6) is -0.126. The second-order valence-electron chi connectivity index (χ2n) is 12.9. The number of allylic oxidation sites excluding steroid dienone is 3. The normalized spacial score (nSPS) is 44.6. The second-order valence-corrected chi connectivity index (χ2v) is 12.9. The molecule has 0 aliphatic carbocycles. The molecule has 3 fully saturated rings. The zero-order valence-electron chi connectivity index (χ0n) is 26.4. The molecule has 11 nitrogen and oxygen atoms in total. The molecule has 0 aromatic rings. The molecular formula is C33H52O11. The minimum Gasteiger partial charge on any atom is -0.457 e. The van der Waals surface area contributed by atoms with Gasteiger partial charge < -0.3 is 48.8 Å². The molecule has 0 spiro atoms. The van der Waals surface area contributed by atoms with Crippen molar-refractivity contribution in [3.63, 3.8) is 0 Å². The van der Waals surface area contributed by atoms with Gasteiger partial charge in [-0.15, -0.1) is 0 Å². The van der Waals surface area contributed by atoms with Gasteiger partial charge in [-0.1, -0.05) is 44.2 Å². The molecule has 250 valence electrons. The Bertz CT molecular complexity index is 985. The Kier molecular flexibility index (Phi) is 13.4. The summed E-state index contributed by atoms with van der Waals surface area (Å²) in [7, 11) is 1.45. The molecule has 4 aliphatic heterocycles. The van der Waals surface area contributed by atoms with Crippen molar-refractivity contribution in [1.29, 1.82) is 0 Å². The van der Waals surface area contributed by atoms with E-state index in [1.54, 1.807) is 13.0 Å². The van der Waals surface area contributed by atoms with Crippen molar-refractivity contribution in [1.82, 2.24) is 0 Å².